The van der Waals surface area contributed by atoms with Gasteiger partial charge in [-0.1, -0.05) is 44.2 Å². The third kappa shape index (κ3) is 2.75. The third-order valence-electron chi connectivity index (χ3n) is 2.45. The van der Waals surface area contributed by atoms with Crippen molar-refractivity contribution in [3.05, 3.63) is 35.9 Å². The average molecular weight is 204 g/mol. The highest BCUT2D eigenvalue weighted by molar-refractivity contribution is 6.10. The van der Waals surface area contributed by atoms with Gasteiger partial charge in [0.2, 0.25) is 0 Å². The van der Waals surface area contributed by atoms with Crippen molar-refractivity contribution >= 4 is 11.6 Å². The van der Waals surface area contributed by atoms with Crippen LogP contribution in [0.1, 0.15) is 31.1 Å². The summed E-state index contributed by atoms with van der Waals surface area (Å²) in [6.45, 7) is 5.31. The number of carbonyl (C=O) groups excluding carboxylic acids is 2. The molecule has 1 atom stereocenters. The maximum Gasteiger partial charge on any atom is 0.173 e. The van der Waals surface area contributed by atoms with Gasteiger partial charge in [0.25, 0.3) is 0 Å². The maximum atomic E-state index is 11.9. The second-order valence-corrected chi connectivity index (χ2v) is 4.01. The van der Waals surface area contributed by atoms with E-state index in [1.54, 1.807) is 31.2 Å². The Bertz CT molecular complexity index is 352. The van der Waals surface area contributed by atoms with Gasteiger partial charge in [-0.25, -0.2) is 0 Å². The molecule has 0 aliphatic heterocycles. The highest BCUT2D eigenvalue weighted by atomic mass is 16.2. The SMILES string of the molecule is CC(C)C(=O)[C@@H](C)C(=O)c1ccccc1. The summed E-state index contributed by atoms with van der Waals surface area (Å²) >= 11 is 0. The normalized spacial score (nSPS) is 12.5. The van der Waals surface area contributed by atoms with Gasteiger partial charge in [-0.2, -0.15) is 0 Å². The molecule has 0 heterocycles. The Morgan fingerprint density at radius 2 is 1.53 bits per heavy atom. The zero-order valence-electron chi connectivity index (χ0n) is 9.36. The van der Waals surface area contributed by atoms with Crippen molar-refractivity contribution in [1.29, 1.82) is 0 Å². The van der Waals surface area contributed by atoms with Crippen molar-refractivity contribution in [2.75, 3.05) is 0 Å². The number of hydrogen-bond acceptors (Lipinski definition) is 2. The summed E-state index contributed by atoms with van der Waals surface area (Å²) < 4.78 is 0. The Hall–Kier alpha value is -1.44. The molecule has 2 heteroatoms. The van der Waals surface area contributed by atoms with Crippen LogP contribution in [0.15, 0.2) is 30.3 Å². The van der Waals surface area contributed by atoms with Crippen molar-refractivity contribution < 1.29 is 9.59 Å². The molecular formula is C13H16O2. The molecule has 0 aromatic heterocycles. The van der Waals surface area contributed by atoms with Crippen LogP contribution in [-0.4, -0.2) is 11.6 Å². The lowest BCUT2D eigenvalue weighted by molar-refractivity contribution is -0.123. The summed E-state index contributed by atoms with van der Waals surface area (Å²) in [4.78, 5) is 23.5. The van der Waals surface area contributed by atoms with E-state index < -0.39 is 5.92 Å². The smallest absolute Gasteiger partial charge is 0.173 e. The quantitative estimate of drug-likeness (QED) is 0.558. The lowest BCUT2D eigenvalue weighted by atomic mass is 9.90. The molecule has 0 amide bonds. The molecule has 1 aromatic carbocycles. The molecule has 2 nitrogen and oxygen atoms in total. The second-order valence-electron chi connectivity index (χ2n) is 4.01. The third-order valence-corrected chi connectivity index (χ3v) is 2.45. The molecule has 0 saturated heterocycles. The Morgan fingerprint density at radius 1 is 1.00 bits per heavy atom. The number of ketones is 2. The fraction of sp³-hybridized carbons (Fsp3) is 0.385. The van der Waals surface area contributed by atoms with Crippen LogP contribution in [0.4, 0.5) is 0 Å². The monoisotopic (exact) mass is 204 g/mol. The highest BCUT2D eigenvalue weighted by Crippen LogP contribution is 2.13. The standard InChI is InChI=1S/C13H16O2/c1-9(2)12(14)10(3)13(15)11-7-5-4-6-8-11/h4-10H,1-3H3/t10-/m1/s1. The second kappa shape index (κ2) is 4.87. The predicted octanol–water partition coefficient (Wildman–Crippen LogP) is 2.73. The largest absolute Gasteiger partial charge is 0.299 e. The van der Waals surface area contributed by atoms with Gasteiger partial charge < -0.3 is 0 Å². The van der Waals surface area contributed by atoms with E-state index in [-0.39, 0.29) is 17.5 Å². The lowest BCUT2D eigenvalue weighted by Gasteiger charge is -2.11. The summed E-state index contributed by atoms with van der Waals surface area (Å²) in [6.07, 6.45) is 0. The molecule has 0 aliphatic carbocycles. The van der Waals surface area contributed by atoms with Crippen molar-refractivity contribution in [2.24, 2.45) is 11.8 Å². The zero-order chi connectivity index (χ0) is 11.4. The van der Waals surface area contributed by atoms with Crippen molar-refractivity contribution in [2.45, 2.75) is 20.8 Å². The molecule has 15 heavy (non-hydrogen) atoms. The lowest BCUT2D eigenvalue weighted by Crippen LogP contribution is -2.25. The first-order valence-electron chi connectivity index (χ1n) is 5.17. The summed E-state index contributed by atoms with van der Waals surface area (Å²) in [5.41, 5.74) is 0.610. The van der Waals surface area contributed by atoms with Crippen molar-refractivity contribution in [1.82, 2.24) is 0 Å². The van der Waals surface area contributed by atoms with E-state index in [1.807, 2.05) is 19.9 Å². The van der Waals surface area contributed by atoms with Crippen LogP contribution in [0, 0.1) is 11.8 Å². The van der Waals surface area contributed by atoms with Crippen LogP contribution < -0.4 is 0 Å². The van der Waals surface area contributed by atoms with Gasteiger partial charge in [-0.15, -0.1) is 0 Å². The van der Waals surface area contributed by atoms with Crippen molar-refractivity contribution in [3.8, 4) is 0 Å². The Balaban J connectivity index is 2.82. The summed E-state index contributed by atoms with van der Waals surface area (Å²) in [6, 6.07) is 8.95. The van der Waals surface area contributed by atoms with Crippen LogP contribution in [0.3, 0.4) is 0 Å². The van der Waals surface area contributed by atoms with Gasteiger partial charge >= 0.3 is 0 Å². The Kier molecular flexibility index (Phi) is 3.78. The van der Waals surface area contributed by atoms with E-state index in [0.717, 1.165) is 0 Å². The molecule has 1 aromatic rings. The van der Waals surface area contributed by atoms with Gasteiger partial charge in [0, 0.05) is 11.5 Å². The molecule has 0 unspecified atom stereocenters. The Morgan fingerprint density at radius 3 is 2.00 bits per heavy atom. The number of benzene rings is 1. The van der Waals surface area contributed by atoms with Gasteiger partial charge in [0.15, 0.2) is 5.78 Å². The van der Waals surface area contributed by atoms with Gasteiger partial charge in [-0.05, 0) is 6.92 Å². The predicted molar refractivity (Wildman–Crippen MR) is 59.8 cm³/mol. The molecule has 0 aliphatic rings. The van der Waals surface area contributed by atoms with E-state index in [1.165, 1.54) is 0 Å². The number of Topliss-reactive ketones (excluding diaryl/α,β-unsaturated/α-hetero) is 2. The van der Waals surface area contributed by atoms with E-state index in [0.29, 0.717) is 5.56 Å². The minimum Gasteiger partial charge on any atom is -0.299 e. The van der Waals surface area contributed by atoms with Crippen LogP contribution in [0.2, 0.25) is 0 Å². The molecule has 1 rings (SSSR count). The van der Waals surface area contributed by atoms with E-state index in [9.17, 15) is 9.59 Å². The molecule has 0 saturated carbocycles. The Labute approximate surface area is 90.3 Å². The molecule has 0 N–H and O–H groups in total. The van der Waals surface area contributed by atoms with E-state index >= 15 is 0 Å². The molecule has 0 spiro atoms. The molecular weight excluding hydrogens is 188 g/mol. The molecule has 0 radical (unpaired) electrons. The fourth-order valence-corrected chi connectivity index (χ4v) is 1.48. The van der Waals surface area contributed by atoms with Gasteiger partial charge in [-0.3, -0.25) is 9.59 Å². The zero-order valence-corrected chi connectivity index (χ0v) is 9.36. The fourth-order valence-electron chi connectivity index (χ4n) is 1.48. The van der Waals surface area contributed by atoms with E-state index in [4.69, 9.17) is 0 Å². The summed E-state index contributed by atoms with van der Waals surface area (Å²) in [7, 11) is 0. The summed E-state index contributed by atoms with van der Waals surface area (Å²) in [5, 5.41) is 0. The van der Waals surface area contributed by atoms with Gasteiger partial charge in [0.05, 0.1) is 5.92 Å². The molecule has 0 bridgehead atoms. The molecule has 0 fully saturated rings. The first kappa shape index (κ1) is 11.6. The highest BCUT2D eigenvalue weighted by Gasteiger charge is 2.24. The minimum atomic E-state index is -0.535. The van der Waals surface area contributed by atoms with E-state index in [2.05, 4.69) is 0 Å². The number of carbonyl (C=O) groups is 2. The summed E-state index contributed by atoms with van der Waals surface area (Å²) in [5.74, 6) is -0.710. The van der Waals surface area contributed by atoms with Crippen molar-refractivity contribution in [3.63, 3.8) is 0 Å². The first-order chi connectivity index (χ1) is 7.04. The number of rotatable bonds is 4. The molecule has 80 valence electrons. The van der Waals surface area contributed by atoms with Crippen LogP contribution in [-0.2, 0) is 4.79 Å². The van der Waals surface area contributed by atoms with Gasteiger partial charge in [0.1, 0.15) is 5.78 Å². The average Bonchev–Trinajstić information content (AvgIpc) is 2.27. The minimum absolute atomic E-state index is 0.00357. The maximum absolute atomic E-state index is 11.9. The van der Waals surface area contributed by atoms with Crippen LogP contribution in [0.5, 0.6) is 0 Å². The van der Waals surface area contributed by atoms with Crippen LogP contribution in [0.25, 0.3) is 0 Å². The first-order valence-corrected chi connectivity index (χ1v) is 5.17. The number of hydrogen-bond donors (Lipinski definition) is 0. The van der Waals surface area contributed by atoms with Crippen LogP contribution >= 0.6 is 0 Å². The topological polar surface area (TPSA) is 34.1 Å².